The number of aromatic nitrogens is 4. The summed E-state index contributed by atoms with van der Waals surface area (Å²) in [7, 11) is 1.80. The maximum Gasteiger partial charge on any atom is 0.191 e. The number of aryl methyl sites for hydroxylation is 1. The first-order valence-corrected chi connectivity index (χ1v) is 10.4. The van der Waals surface area contributed by atoms with Crippen molar-refractivity contribution in [1.29, 1.82) is 0 Å². The predicted octanol–water partition coefficient (Wildman–Crippen LogP) is 2.26. The van der Waals surface area contributed by atoms with Crippen LogP contribution in [0, 0.1) is 5.92 Å². The number of hydrogen-bond donors (Lipinski definition) is 2. The minimum Gasteiger partial charge on any atom is -0.356 e. The number of guanidine groups is 1. The van der Waals surface area contributed by atoms with Gasteiger partial charge in [-0.3, -0.25) is 4.99 Å². The maximum absolute atomic E-state index is 4.37. The van der Waals surface area contributed by atoms with Gasteiger partial charge in [0, 0.05) is 52.0 Å². The predicted molar refractivity (Wildman–Crippen MR) is 109 cm³/mol. The Morgan fingerprint density at radius 2 is 1.92 bits per heavy atom. The highest BCUT2D eigenvalue weighted by atomic mass is 32.2. The third-order valence-corrected chi connectivity index (χ3v) is 4.61. The lowest BCUT2D eigenvalue weighted by Crippen LogP contribution is -2.39. The van der Waals surface area contributed by atoms with Gasteiger partial charge in [0.2, 0.25) is 0 Å². The SMILES string of the molecule is CN=C(NCCCc1nnc(SC)n1CC(C)C)NCCn1cccc1. The lowest BCUT2D eigenvalue weighted by Gasteiger charge is -2.13. The normalized spacial score (nSPS) is 12.0. The Balaban J connectivity index is 1.72. The molecule has 0 aromatic carbocycles. The first-order valence-electron chi connectivity index (χ1n) is 9.15. The smallest absolute Gasteiger partial charge is 0.191 e. The number of thioether (sulfide) groups is 1. The van der Waals surface area contributed by atoms with E-state index in [1.54, 1.807) is 18.8 Å². The fourth-order valence-corrected chi connectivity index (χ4v) is 3.22. The van der Waals surface area contributed by atoms with Gasteiger partial charge in [0.15, 0.2) is 11.1 Å². The average Bonchev–Trinajstić information content (AvgIpc) is 3.26. The highest BCUT2D eigenvalue weighted by Crippen LogP contribution is 2.16. The minimum absolute atomic E-state index is 0.581. The minimum atomic E-state index is 0.581. The quantitative estimate of drug-likeness (QED) is 0.288. The van der Waals surface area contributed by atoms with E-state index in [2.05, 4.69) is 67.5 Å². The van der Waals surface area contributed by atoms with E-state index < -0.39 is 0 Å². The molecular weight excluding hydrogens is 346 g/mol. The van der Waals surface area contributed by atoms with Crippen molar-refractivity contribution in [1.82, 2.24) is 30.0 Å². The number of nitrogens with zero attached hydrogens (tertiary/aromatic N) is 5. The summed E-state index contributed by atoms with van der Waals surface area (Å²) in [6, 6.07) is 4.07. The van der Waals surface area contributed by atoms with Gasteiger partial charge in [-0.25, -0.2) is 0 Å². The molecule has 26 heavy (non-hydrogen) atoms. The van der Waals surface area contributed by atoms with Crippen LogP contribution in [0.3, 0.4) is 0 Å². The van der Waals surface area contributed by atoms with E-state index in [0.29, 0.717) is 5.92 Å². The molecule has 2 aromatic heterocycles. The molecule has 2 aromatic rings. The summed E-state index contributed by atoms with van der Waals surface area (Å²) in [5.41, 5.74) is 0. The van der Waals surface area contributed by atoms with E-state index in [-0.39, 0.29) is 0 Å². The van der Waals surface area contributed by atoms with Gasteiger partial charge in [-0.2, -0.15) is 0 Å². The van der Waals surface area contributed by atoms with Crippen LogP contribution < -0.4 is 10.6 Å². The Morgan fingerprint density at radius 3 is 2.58 bits per heavy atom. The largest absolute Gasteiger partial charge is 0.356 e. The summed E-state index contributed by atoms with van der Waals surface area (Å²) in [6.45, 7) is 8.02. The van der Waals surface area contributed by atoms with E-state index in [1.807, 2.05) is 12.1 Å². The van der Waals surface area contributed by atoms with E-state index in [1.165, 1.54) is 0 Å². The first kappa shape index (κ1) is 20.4. The summed E-state index contributed by atoms with van der Waals surface area (Å²) in [6.07, 6.45) is 8.08. The van der Waals surface area contributed by atoms with Gasteiger partial charge in [-0.05, 0) is 30.7 Å². The second kappa shape index (κ2) is 10.9. The topological polar surface area (TPSA) is 72.1 Å². The van der Waals surface area contributed by atoms with E-state index in [0.717, 1.165) is 56.0 Å². The molecule has 0 fully saturated rings. The Labute approximate surface area is 160 Å². The highest BCUT2D eigenvalue weighted by Gasteiger charge is 2.12. The van der Waals surface area contributed by atoms with E-state index in [4.69, 9.17) is 0 Å². The molecule has 0 amide bonds. The number of rotatable bonds is 10. The lowest BCUT2D eigenvalue weighted by molar-refractivity contribution is 0.477. The second-order valence-electron chi connectivity index (χ2n) is 6.56. The first-order chi connectivity index (χ1) is 12.6. The van der Waals surface area contributed by atoms with Crippen molar-refractivity contribution in [2.45, 2.75) is 44.9 Å². The zero-order chi connectivity index (χ0) is 18.8. The molecule has 8 heteroatoms. The van der Waals surface area contributed by atoms with Crippen molar-refractivity contribution in [3.05, 3.63) is 30.4 Å². The molecule has 0 saturated heterocycles. The summed E-state index contributed by atoms with van der Waals surface area (Å²) in [5.74, 6) is 2.49. The van der Waals surface area contributed by atoms with Crippen LogP contribution in [0.2, 0.25) is 0 Å². The molecule has 2 N–H and O–H groups in total. The van der Waals surface area contributed by atoms with E-state index >= 15 is 0 Å². The standard InChI is InChI=1S/C18H31N7S/c1-15(2)14-25-16(22-23-18(25)26-4)8-7-9-20-17(19-3)21-10-13-24-11-5-6-12-24/h5-6,11-12,15H,7-10,13-14H2,1-4H3,(H2,19,20,21). The zero-order valence-corrected chi connectivity index (χ0v) is 17.1. The highest BCUT2D eigenvalue weighted by molar-refractivity contribution is 7.98. The third kappa shape index (κ3) is 6.40. The Bertz CT molecular complexity index is 661. The monoisotopic (exact) mass is 377 g/mol. The fraction of sp³-hybridized carbons (Fsp3) is 0.611. The van der Waals surface area contributed by atoms with E-state index in [9.17, 15) is 0 Å². The molecule has 0 atom stereocenters. The van der Waals surface area contributed by atoms with Crippen molar-refractivity contribution in [2.24, 2.45) is 10.9 Å². The number of hydrogen-bond acceptors (Lipinski definition) is 4. The molecule has 0 bridgehead atoms. The Hall–Kier alpha value is -1.96. The molecule has 0 aliphatic carbocycles. The van der Waals surface area contributed by atoms with Gasteiger partial charge >= 0.3 is 0 Å². The van der Waals surface area contributed by atoms with Crippen LogP contribution in [0.4, 0.5) is 0 Å². The van der Waals surface area contributed by atoms with Crippen LogP contribution in [-0.4, -0.2) is 51.7 Å². The van der Waals surface area contributed by atoms with Crippen LogP contribution in [0.25, 0.3) is 0 Å². The van der Waals surface area contributed by atoms with Gasteiger partial charge in [-0.15, -0.1) is 10.2 Å². The number of nitrogens with one attached hydrogen (secondary N) is 2. The molecule has 0 aliphatic heterocycles. The Kier molecular flexibility index (Phi) is 8.53. The van der Waals surface area contributed by atoms with Gasteiger partial charge in [-0.1, -0.05) is 25.6 Å². The number of aliphatic imine (C=N–C) groups is 1. The van der Waals surface area contributed by atoms with Crippen molar-refractivity contribution in [3.8, 4) is 0 Å². The second-order valence-corrected chi connectivity index (χ2v) is 7.33. The van der Waals surface area contributed by atoms with Gasteiger partial charge < -0.3 is 19.8 Å². The van der Waals surface area contributed by atoms with Gasteiger partial charge in [0.1, 0.15) is 5.82 Å². The molecule has 0 radical (unpaired) electrons. The Morgan fingerprint density at radius 1 is 1.19 bits per heavy atom. The van der Waals surface area contributed by atoms with Crippen molar-refractivity contribution >= 4 is 17.7 Å². The van der Waals surface area contributed by atoms with Crippen LogP contribution in [0.15, 0.2) is 34.7 Å². The van der Waals surface area contributed by atoms with Crippen LogP contribution in [0.5, 0.6) is 0 Å². The molecule has 0 saturated carbocycles. The maximum atomic E-state index is 4.37. The van der Waals surface area contributed by atoms with Gasteiger partial charge in [0.25, 0.3) is 0 Å². The average molecular weight is 378 g/mol. The van der Waals surface area contributed by atoms with Crippen molar-refractivity contribution < 1.29 is 0 Å². The molecule has 0 unspecified atom stereocenters. The molecule has 0 aliphatic rings. The lowest BCUT2D eigenvalue weighted by atomic mass is 10.2. The van der Waals surface area contributed by atoms with Crippen LogP contribution >= 0.6 is 11.8 Å². The summed E-state index contributed by atoms with van der Waals surface area (Å²) in [4.78, 5) is 4.27. The zero-order valence-electron chi connectivity index (χ0n) is 16.3. The molecule has 7 nitrogen and oxygen atoms in total. The third-order valence-electron chi connectivity index (χ3n) is 3.95. The fourth-order valence-electron chi connectivity index (χ4n) is 2.70. The molecule has 0 spiro atoms. The van der Waals surface area contributed by atoms with Crippen LogP contribution in [-0.2, 0) is 19.5 Å². The molecular formula is C18H31N7S. The van der Waals surface area contributed by atoms with Crippen LogP contribution in [0.1, 0.15) is 26.1 Å². The summed E-state index contributed by atoms with van der Waals surface area (Å²) >= 11 is 1.66. The molecule has 2 heterocycles. The van der Waals surface area contributed by atoms with Crippen molar-refractivity contribution in [3.63, 3.8) is 0 Å². The van der Waals surface area contributed by atoms with Gasteiger partial charge in [0.05, 0.1) is 0 Å². The van der Waals surface area contributed by atoms with Crippen molar-refractivity contribution in [2.75, 3.05) is 26.4 Å². The summed E-state index contributed by atoms with van der Waals surface area (Å²) in [5, 5.41) is 16.4. The summed E-state index contributed by atoms with van der Waals surface area (Å²) < 4.78 is 4.39. The molecule has 2 rings (SSSR count). The molecule has 144 valence electrons.